The van der Waals surface area contributed by atoms with E-state index in [0.717, 1.165) is 11.1 Å². The monoisotopic (exact) mass is 753 g/mol. The summed E-state index contributed by atoms with van der Waals surface area (Å²) in [6.45, 7) is 10.6. The molecule has 0 saturated carbocycles. The second kappa shape index (κ2) is 15.4. The number of alkyl carbamates (subject to hydrolysis) is 1. The smallest absolute Gasteiger partial charge is 0.451 e. The SMILES string of the molecule is CC(C)(C)OC(=O)N[C@@H]1C(=O)N2[C@@H](C(=O)OC(c3ccccc3)c3ccccc3)C(/C=C3\CCN(c4ccccc4OC(=O)OC(C)(C)C)C3=O)=CS[C@H]12. The highest BCUT2D eigenvalue weighted by molar-refractivity contribution is 8.03. The van der Waals surface area contributed by atoms with Crippen molar-refractivity contribution in [1.82, 2.24) is 10.2 Å². The molecule has 0 aliphatic carbocycles. The summed E-state index contributed by atoms with van der Waals surface area (Å²) in [5.74, 6) is -1.40. The average molecular weight is 754 g/mol. The van der Waals surface area contributed by atoms with Crippen molar-refractivity contribution in [3.8, 4) is 5.75 Å². The number of carbonyl (C=O) groups excluding carboxylic acids is 5. The first-order valence-corrected chi connectivity index (χ1v) is 18.5. The number of para-hydroxylation sites is 2. The molecule has 3 aliphatic rings. The van der Waals surface area contributed by atoms with E-state index in [2.05, 4.69) is 5.32 Å². The largest absolute Gasteiger partial charge is 0.514 e. The number of fused-ring (bicyclic) bond motifs is 1. The quantitative estimate of drug-likeness (QED) is 0.0836. The summed E-state index contributed by atoms with van der Waals surface area (Å²) in [4.78, 5) is 70.3. The molecule has 0 bridgehead atoms. The lowest BCUT2D eigenvalue weighted by molar-refractivity contribution is -0.164. The highest BCUT2D eigenvalue weighted by atomic mass is 32.2. The molecule has 1 N–H and O–H groups in total. The number of hydrogen-bond acceptors (Lipinski definition) is 10. The molecule has 12 nitrogen and oxygen atoms in total. The summed E-state index contributed by atoms with van der Waals surface area (Å²) in [5.41, 5.74) is 1.04. The Balaban J connectivity index is 1.30. The minimum Gasteiger partial charge on any atom is -0.451 e. The Kier molecular flexibility index (Phi) is 10.9. The Morgan fingerprint density at radius 1 is 0.833 bits per heavy atom. The highest BCUT2D eigenvalue weighted by Crippen LogP contribution is 2.43. The van der Waals surface area contributed by atoms with Gasteiger partial charge in [0.1, 0.15) is 22.6 Å². The predicted octanol–water partition coefficient (Wildman–Crippen LogP) is 7.06. The highest BCUT2D eigenvalue weighted by Gasteiger charge is 2.56. The van der Waals surface area contributed by atoms with Crippen LogP contribution in [0, 0.1) is 0 Å². The van der Waals surface area contributed by atoms with E-state index in [0.29, 0.717) is 23.3 Å². The summed E-state index contributed by atoms with van der Waals surface area (Å²) >= 11 is 1.25. The summed E-state index contributed by atoms with van der Waals surface area (Å²) in [5, 5.41) is 3.74. The molecule has 13 heteroatoms. The Labute approximate surface area is 318 Å². The zero-order valence-corrected chi connectivity index (χ0v) is 31.8. The fourth-order valence-electron chi connectivity index (χ4n) is 6.28. The average Bonchev–Trinajstić information content (AvgIpc) is 3.47. The Bertz CT molecular complexity index is 1950. The number of nitrogens with zero attached hydrogens (tertiary/aromatic N) is 2. The maximum absolute atomic E-state index is 14.4. The molecule has 3 atom stereocenters. The van der Waals surface area contributed by atoms with Gasteiger partial charge in [-0.3, -0.25) is 9.59 Å². The topological polar surface area (TPSA) is 141 Å². The molecule has 3 aliphatic heterocycles. The molecule has 2 fully saturated rings. The van der Waals surface area contributed by atoms with Crippen molar-refractivity contribution in [2.24, 2.45) is 0 Å². The van der Waals surface area contributed by atoms with Crippen LogP contribution in [0.5, 0.6) is 5.75 Å². The Hall–Kier alpha value is -5.56. The molecule has 282 valence electrons. The van der Waals surface area contributed by atoms with E-state index in [-0.39, 0.29) is 18.2 Å². The van der Waals surface area contributed by atoms with Crippen LogP contribution in [-0.4, -0.2) is 70.1 Å². The zero-order valence-electron chi connectivity index (χ0n) is 30.9. The van der Waals surface area contributed by atoms with Crippen molar-refractivity contribution in [2.45, 2.75) is 82.7 Å². The summed E-state index contributed by atoms with van der Waals surface area (Å²) in [6.07, 6.45) is -0.519. The minimum absolute atomic E-state index is 0.153. The number of thioether (sulfide) groups is 1. The van der Waals surface area contributed by atoms with Crippen molar-refractivity contribution >= 4 is 47.5 Å². The molecule has 6 rings (SSSR count). The first kappa shape index (κ1) is 38.2. The molecule has 0 aromatic heterocycles. The second-order valence-corrected chi connectivity index (χ2v) is 16.0. The fraction of sp³-hybridized carbons (Fsp3) is 0.341. The van der Waals surface area contributed by atoms with Crippen LogP contribution in [0.25, 0.3) is 0 Å². The molecule has 3 heterocycles. The number of carbonyl (C=O) groups is 5. The van der Waals surface area contributed by atoms with Gasteiger partial charge < -0.3 is 34.1 Å². The Morgan fingerprint density at radius 3 is 2.04 bits per heavy atom. The number of β-lactam (4-membered cyclic amide) rings is 1. The first-order valence-electron chi connectivity index (χ1n) is 17.6. The van der Waals surface area contributed by atoms with Crippen LogP contribution < -0.4 is 15.0 Å². The van der Waals surface area contributed by atoms with E-state index < -0.39 is 58.9 Å². The summed E-state index contributed by atoms with van der Waals surface area (Å²) in [7, 11) is 0. The van der Waals surface area contributed by atoms with Crippen molar-refractivity contribution in [1.29, 1.82) is 0 Å². The van der Waals surface area contributed by atoms with Crippen LogP contribution in [0.15, 0.2) is 108 Å². The standard InChI is InChI=1S/C41H43N3O9S/c1-40(2,3)52-38(48)42-31-35(46)44-32(37(47)51-33(25-15-9-7-10-16-25)26-17-11-8-12-18-26)28(24-54-36(31)44)23-27-21-22-43(34(27)45)29-19-13-14-20-30(29)50-39(49)53-41(4,5)6/h7-20,23-24,31-33,36H,21-22H2,1-6H3,(H,42,48)/b27-23+/t31-,32-,36-/m1/s1. The summed E-state index contributed by atoms with van der Waals surface area (Å²) < 4.78 is 22.5. The van der Waals surface area contributed by atoms with Gasteiger partial charge in [-0.15, -0.1) is 11.8 Å². The van der Waals surface area contributed by atoms with Crippen molar-refractivity contribution in [3.63, 3.8) is 0 Å². The maximum Gasteiger partial charge on any atom is 0.514 e. The lowest BCUT2D eigenvalue weighted by atomic mass is 9.95. The van der Waals surface area contributed by atoms with Gasteiger partial charge in [0.25, 0.3) is 5.91 Å². The number of anilines is 1. The minimum atomic E-state index is -1.23. The fourth-order valence-corrected chi connectivity index (χ4v) is 7.47. The normalized spacial score (nSPS) is 20.5. The number of nitrogens with one attached hydrogen (secondary N) is 1. The van der Waals surface area contributed by atoms with E-state index in [4.69, 9.17) is 18.9 Å². The lowest BCUT2D eigenvalue weighted by Crippen LogP contribution is -2.74. The van der Waals surface area contributed by atoms with Crippen LogP contribution in [0.3, 0.4) is 0 Å². The van der Waals surface area contributed by atoms with Crippen LogP contribution in [0.1, 0.15) is 65.2 Å². The number of ether oxygens (including phenoxy) is 4. The molecular weight excluding hydrogens is 711 g/mol. The van der Waals surface area contributed by atoms with Gasteiger partial charge in [-0.1, -0.05) is 72.8 Å². The van der Waals surface area contributed by atoms with Crippen molar-refractivity contribution in [3.05, 3.63) is 119 Å². The molecule has 3 amide bonds. The van der Waals surface area contributed by atoms with Gasteiger partial charge in [-0.25, -0.2) is 14.4 Å². The molecule has 3 aromatic rings. The number of benzene rings is 3. The van der Waals surface area contributed by atoms with E-state index in [9.17, 15) is 24.0 Å². The maximum atomic E-state index is 14.4. The van der Waals surface area contributed by atoms with Crippen LogP contribution in [0.2, 0.25) is 0 Å². The first-order chi connectivity index (χ1) is 25.6. The third-order valence-corrected chi connectivity index (χ3v) is 9.74. The van der Waals surface area contributed by atoms with Crippen molar-refractivity contribution < 1.29 is 42.9 Å². The number of hydrogen-bond donors (Lipinski definition) is 1. The van der Waals surface area contributed by atoms with Crippen LogP contribution >= 0.6 is 11.8 Å². The number of rotatable bonds is 8. The Morgan fingerprint density at radius 2 is 1.43 bits per heavy atom. The van der Waals surface area contributed by atoms with Gasteiger partial charge in [0.05, 0.1) is 5.69 Å². The van der Waals surface area contributed by atoms with Gasteiger partial charge in [0.15, 0.2) is 17.9 Å². The van der Waals surface area contributed by atoms with Crippen LogP contribution in [-0.2, 0) is 28.6 Å². The van der Waals surface area contributed by atoms with E-state index >= 15 is 0 Å². The van der Waals surface area contributed by atoms with E-state index in [1.165, 1.54) is 21.6 Å². The van der Waals surface area contributed by atoms with E-state index in [1.54, 1.807) is 77.3 Å². The third-order valence-electron chi connectivity index (χ3n) is 8.56. The van der Waals surface area contributed by atoms with Gasteiger partial charge >= 0.3 is 18.2 Å². The summed E-state index contributed by atoms with van der Waals surface area (Å²) in [6, 6.07) is 23.0. The van der Waals surface area contributed by atoms with Gasteiger partial charge in [0, 0.05) is 12.1 Å². The van der Waals surface area contributed by atoms with Crippen molar-refractivity contribution in [2.75, 3.05) is 11.4 Å². The number of esters is 1. The van der Waals surface area contributed by atoms with Crippen LogP contribution in [0.4, 0.5) is 15.3 Å². The lowest BCUT2D eigenvalue weighted by Gasteiger charge is -2.51. The molecule has 0 radical (unpaired) electrons. The number of amides is 3. The second-order valence-electron chi connectivity index (χ2n) is 15.0. The molecule has 2 saturated heterocycles. The molecule has 3 aromatic carbocycles. The zero-order chi connectivity index (χ0) is 38.8. The molecule has 0 spiro atoms. The third kappa shape index (κ3) is 8.62. The predicted molar refractivity (Wildman–Crippen MR) is 202 cm³/mol. The van der Waals surface area contributed by atoms with E-state index in [1.807, 2.05) is 60.7 Å². The van der Waals surface area contributed by atoms with Gasteiger partial charge in [-0.2, -0.15) is 0 Å². The molecule has 54 heavy (non-hydrogen) atoms. The van der Waals surface area contributed by atoms with Gasteiger partial charge in [-0.05, 0) is 88.3 Å². The molecule has 0 unspecified atom stereocenters. The molecular formula is C41H43N3O9S. The van der Waals surface area contributed by atoms with Gasteiger partial charge in [0.2, 0.25) is 5.91 Å².